The molecule has 0 aliphatic carbocycles. The molecule has 19 heavy (non-hydrogen) atoms. The number of rotatable bonds is 2. The normalized spacial score (nSPS) is 20.4. The Hall–Kier alpha value is -1.33. The van der Waals surface area contributed by atoms with Crippen LogP contribution < -0.4 is 5.46 Å². The van der Waals surface area contributed by atoms with Crippen LogP contribution in [0.15, 0.2) is 24.3 Å². The van der Waals surface area contributed by atoms with Crippen LogP contribution in [0.1, 0.15) is 38.1 Å². The molecule has 1 aliphatic heterocycles. The molecule has 2 rings (SSSR count). The zero-order chi connectivity index (χ0) is 14.3. The summed E-state index contributed by atoms with van der Waals surface area (Å²) in [5.74, 6) is -0.363. The van der Waals surface area contributed by atoms with Gasteiger partial charge in [-0.15, -0.1) is 0 Å². The molecule has 0 N–H and O–H groups in total. The van der Waals surface area contributed by atoms with Crippen molar-refractivity contribution in [3.8, 4) is 0 Å². The van der Waals surface area contributed by atoms with Gasteiger partial charge in [0.05, 0.1) is 23.9 Å². The van der Waals surface area contributed by atoms with Crippen LogP contribution in [0.2, 0.25) is 0 Å². The Balaban J connectivity index is 2.27. The molecule has 1 fully saturated rings. The highest BCUT2D eigenvalue weighted by atomic mass is 16.7. The molecule has 1 aromatic rings. The molecule has 0 bridgehead atoms. The van der Waals surface area contributed by atoms with E-state index in [0.717, 1.165) is 5.46 Å². The lowest BCUT2D eigenvalue weighted by atomic mass is 9.78. The van der Waals surface area contributed by atoms with E-state index in [9.17, 15) is 4.79 Å². The number of benzene rings is 1. The molecule has 1 aliphatic rings. The lowest BCUT2D eigenvalue weighted by Gasteiger charge is -2.32. The van der Waals surface area contributed by atoms with Gasteiger partial charge in [0.25, 0.3) is 0 Å². The van der Waals surface area contributed by atoms with E-state index in [-0.39, 0.29) is 17.2 Å². The molecule has 4 nitrogen and oxygen atoms in total. The van der Waals surface area contributed by atoms with E-state index < -0.39 is 7.12 Å². The number of hydrogen-bond acceptors (Lipinski definition) is 4. The van der Waals surface area contributed by atoms with Crippen LogP contribution in [0, 0.1) is 0 Å². The van der Waals surface area contributed by atoms with Crippen LogP contribution in [0.5, 0.6) is 0 Å². The Labute approximate surface area is 114 Å². The molecule has 5 heteroatoms. The highest BCUT2D eigenvalue weighted by Crippen LogP contribution is 2.36. The van der Waals surface area contributed by atoms with Crippen molar-refractivity contribution < 1.29 is 18.8 Å². The number of methoxy groups -OCH3 is 1. The summed E-state index contributed by atoms with van der Waals surface area (Å²) in [6.07, 6.45) is 0. The van der Waals surface area contributed by atoms with Crippen molar-refractivity contribution in [1.29, 1.82) is 0 Å². The van der Waals surface area contributed by atoms with Crippen molar-refractivity contribution in [3.63, 3.8) is 0 Å². The predicted molar refractivity (Wildman–Crippen MR) is 73.5 cm³/mol. The van der Waals surface area contributed by atoms with E-state index in [1.807, 2.05) is 33.8 Å². The van der Waals surface area contributed by atoms with Crippen molar-refractivity contribution in [2.24, 2.45) is 0 Å². The minimum Gasteiger partial charge on any atom is -0.465 e. The minimum atomic E-state index is -0.463. The second kappa shape index (κ2) is 4.65. The summed E-state index contributed by atoms with van der Waals surface area (Å²) < 4.78 is 16.6. The van der Waals surface area contributed by atoms with Gasteiger partial charge in [0, 0.05) is 0 Å². The molecular formula is C14H19BO4. The van der Waals surface area contributed by atoms with E-state index in [2.05, 4.69) is 0 Å². The predicted octanol–water partition coefficient (Wildman–Crippen LogP) is 1.77. The monoisotopic (exact) mass is 262 g/mol. The number of hydrogen-bond donors (Lipinski definition) is 0. The maximum Gasteiger partial charge on any atom is 0.494 e. The second-order valence-corrected chi connectivity index (χ2v) is 5.71. The first kappa shape index (κ1) is 14.1. The fourth-order valence-electron chi connectivity index (χ4n) is 1.91. The Morgan fingerprint density at radius 3 is 2.26 bits per heavy atom. The fraction of sp³-hybridized carbons (Fsp3) is 0.500. The number of carbonyl (C=O) groups excluding carboxylic acids is 1. The van der Waals surface area contributed by atoms with Gasteiger partial charge in [0.2, 0.25) is 0 Å². The van der Waals surface area contributed by atoms with Gasteiger partial charge >= 0.3 is 13.1 Å². The third-order valence-corrected chi connectivity index (χ3v) is 3.83. The average Bonchev–Trinajstić information content (AvgIpc) is 2.58. The lowest BCUT2D eigenvalue weighted by Crippen LogP contribution is -2.41. The van der Waals surface area contributed by atoms with Crippen molar-refractivity contribution >= 4 is 18.6 Å². The molecule has 0 spiro atoms. The first-order valence-electron chi connectivity index (χ1n) is 6.31. The van der Waals surface area contributed by atoms with Crippen LogP contribution in [0.25, 0.3) is 0 Å². The van der Waals surface area contributed by atoms with Crippen molar-refractivity contribution in [2.45, 2.75) is 38.9 Å². The molecule has 1 heterocycles. The molecule has 102 valence electrons. The highest BCUT2D eigenvalue weighted by molar-refractivity contribution is 6.62. The van der Waals surface area contributed by atoms with Gasteiger partial charge in [0.15, 0.2) is 0 Å². The fourth-order valence-corrected chi connectivity index (χ4v) is 1.91. The number of ether oxygens (including phenoxy) is 1. The Kier molecular flexibility index (Phi) is 3.45. The van der Waals surface area contributed by atoms with Crippen LogP contribution >= 0.6 is 0 Å². The largest absolute Gasteiger partial charge is 0.494 e. The topological polar surface area (TPSA) is 44.8 Å². The number of carbonyl (C=O) groups is 1. The molecule has 0 atom stereocenters. The van der Waals surface area contributed by atoms with Crippen molar-refractivity contribution in [2.75, 3.05) is 7.11 Å². The first-order chi connectivity index (χ1) is 8.77. The smallest absolute Gasteiger partial charge is 0.465 e. The van der Waals surface area contributed by atoms with E-state index in [0.29, 0.717) is 5.56 Å². The molecule has 0 radical (unpaired) electrons. The highest BCUT2D eigenvalue weighted by Gasteiger charge is 2.51. The van der Waals surface area contributed by atoms with E-state index in [4.69, 9.17) is 14.0 Å². The molecule has 0 aromatic heterocycles. The third kappa shape index (κ3) is 2.53. The van der Waals surface area contributed by atoms with Crippen LogP contribution in [-0.2, 0) is 14.0 Å². The summed E-state index contributed by atoms with van der Waals surface area (Å²) in [6.45, 7) is 7.99. The van der Waals surface area contributed by atoms with Crippen LogP contribution in [0.3, 0.4) is 0 Å². The summed E-state index contributed by atoms with van der Waals surface area (Å²) in [7, 11) is 0.902. The molecule has 0 unspecified atom stereocenters. The van der Waals surface area contributed by atoms with Crippen molar-refractivity contribution in [3.05, 3.63) is 29.8 Å². The first-order valence-corrected chi connectivity index (χ1v) is 6.31. The summed E-state index contributed by atoms with van der Waals surface area (Å²) >= 11 is 0. The second-order valence-electron chi connectivity index (χ2n) is 5.71. The van der Waals surface area contributed by atoms with Crippen LogP contribution in [0.4, 0.5) is 0 Å². The number of esters is 1. The van der Waals surface area contributed by atoms with E-state index in [1.54, 1.807) is 18.2 Å². The molecule has 1 saturated heterocycles. The lowest BCUT2D eigenvalue weighted by molar-refractivity contribution is 0.00578. The SMILES string of the molecule is COC(=O)c1cccc(B2OC(C)(C)C(C)(C)O2)c1. The average molecular weight is 262 g/mol. The Morgan fingerprint density at radius 1 is 1.16 bits per heavy atom. The van der Waals surface area contributed by atoms with E-state index >= 15 is 0 Å². The maximum absolute atomic E-state index is 11.5. The van der Waals surface area contributed by atoms with Gasteiger partial charge < -0.3 is 14.0 Å². The Bertz CT molecular complexity index is 480. The van der Waals surface area contributed by atoms with Gasteiger partial charge in [-0.1, -0.05) is 12.1 Å². The minimum absolute atomic E-state index is 0.363. The third-order valence-electron chi connectivity index (χ3n) is 3.83. The van der Waals surface area contributed by atoms with Gasteiger partial charge in [0.1, 0.15) is 0 Å². The molecule has 0 amide bonds. The molecular weight excluding hydrogens is 243 g/mol. The van der Waals surface area contributed by atoms with Gasteiger partial charge in [-0.2, -0.15) is 0 Å². The van der Waals surface area contributed by atoms with Gasteiger partial charge in [-0.05, 0) is 45.3 Å². The van der Waals surface area contributed by atoms with Gasteiger partial charge in [-0.25, -0.2) is 4.79 Å². The zero-order valence-corrected chi connectivity index (χ0v) is 12.0. The van der Waals surface area contributed by atoms with Crippen LogP contribution in [-0.4, -0.2) is 31.4 Å². The summed E-state index contributed by atoms with van der Waals surface area (Å²) in [5.41, 5.74) is 0.536. The maximum atomic E-state index is 11.5. The van der Waals surface area contributed by atoms with Gasteiger partial charge in [-0.3, -0.25) is 0 Å². The summed E-state index contributed by atoms with van der Waals surface area (Å²) in [5, 5.41) is 0. The Morgan fingerprint density at radius 2 is 1.74 bits per heavy atom. The van der Waals surface area contributed by atoms with E-state index in [1.165, 1.54) is 7.11 Å². The quantitative estimate of drug-likeness (QED) is 0.602. The zero-order valence-electron chi connectivity index (χ0n) is 12.0. The summed E-state index contributed by atoms with van der Waals surface area (Å²) in [4.78, 5) is 11.5. The standard InChI is InChI=1S/C14H19BO4/c1-13(2)14(3,4)19-15(18-13)11-8-6-7-10(9-11)12(16)17-5/h6-9H,1-5H3. The summed E-state index contributed by atoms with van der Waals surface area (Å²) in [6, 6.07) is 7.13. The van der Waals surface area contributed by atoms with Crippen molar-refractivity contribution in [1.82, 2.24) is 0 Å². The molecule has 1 aromatic carbocycles. The molecule has 0 saturated carbocycles.